The summed E-state index contributed by atoms with van der Waals surface area (Å²) in [5.41, 5.74) is 1.09. The number of hydrogen-bond acceptors (Lipinski definition) is 2. The number of hydrogen-bond donors (Lipinski definition) is 0. The van der Waals surface area contributed by atoms with Crippen molar-refractivity contribution in [1.82, 2.24) is 0 Å². The summed E-state index contributed by atoms with van der Waals surface area (Å²) >= 11 is 5.92. The normalized spacial score (nSPS) is 12.6. The van der Waals surface area contributed by atoms with Crippen LogP contribution in [0.2, 0.25) is 5.02 Å². The molecule has 0 fully saturated rings. The van der Waals surface area contributed by atoms with Gasteiger partial charge >= 0.3 is 0 Å². The lowest BCUT2D eigenvalue weighted by Gasteiger charge is -2.14. The summed E-state index contributed by atoms with van der Waals surface area (Å²) in [5.74, 6) is 1.15. The van der Waals surface area contributed by atoms with Crippen molar-refractivity contribution in [2.45, 2.75) is 12.8 Å². The Morgan fingerprint density at radius 2 is 2.07 bits per heavy atom. The third-order valence-corrected chi connectivity index (χ3v) is 2.37. The Bertz CT molecular complexity index is 299. The molecule has 0 aliphatic carbocycles. The van der Waals surface area contributed by atoms with Gasteiger partial charge in [-0.3, -0.25) is 0 Å². The highest BCUT2D eigenvalue weighted by molar-refractivity contribution is 6.30. The minimum Gasteiger partial charge on any atom is -0.496 e. The Kier molecular flexibility index (Phi) is 4.23. The van der Waals surface area contributed by atoms with Crippen LogP contribution in [-0.4, -0.2) is 20.8 Å². The van der Waals surface area contributed by atoms with Crippen molar-refractivity contribution in [3.8, 4) is 5.75 Å². The van der Waals surface area contributed by atoms with E-state index in [0.717, 1.165) is 16.3 Å². The molecule has 78 valence electrons. The van der Waals surface area contributed by atoms with Crippen LogP contribution in [0.5, 0.6) is 5.75 Å². The molecule has 0 unspecified atom stereocenters. The Hall–Kier alpha value is -0.730. The van der Waals surface area contributed by atoms with Crippen LogP contribution in [0.4, 0.5) is 0 Å². The number of ether oxygens (including phenoxy) is 2. The summed E-state index contributed by atoms with van der Waals surface area (Å²) in [6, 6.07) is 5.62. The second kappa shape index (κ2) is 5.23. The van der Waals surface area contributed by atoms with E-state index in [1.165, 1.54) is 0 Å². The minimum atomic E-state index is 0.286. The molecule has 1 aromatic carbocycles. The molecule has 0 radical (unpaired) electrons. The largest absolute Gasteiger partial charge is 0.496 e. The summed E-state index contributed by atoms with van der Waals surface area (Å²) in [4.78, 5) is 0. The van der Waals surface area contributed by atoms with Gasteiger partial charge in [-0.15, -0.1) is 0 Å². The van der Waals surface area contributed by atoms with E-state index in [0.29, 0.717) is 6.61 Å². The average Bonchev–Trinajstić information content (AvgIpc) is 2.18. The Morgan fingerprint density at radius 1 is 1.36 bits per heavy atom. The first-order chi connectivity index (χ1) is 6.69. The maximum atomic E-state index is 5.92. The molecule has 0 amide bonds. The SMILES string of the molecule is COC[C@H](C)c1cc(Cl)ccc1OC. The molecule has 1 atom stereocenters. The Morgan fingerprint density at radius 3 is 2.64 bits per heavy atom. The zero-order valence-corrected chi connectivity index (χ0v) is 9.47. The molecular weight excluding hydrogens is 200 g/mol. The Labute approximate surface area is 89.8 Å². The van der Waals surface area contributed by atoms with Crippen molar-refractivity contribution in [2.24, 2.45) is 0 Å². The van der Waals surface area contributed by atoms with Gasteiger partial charge in [0.1, 0.15) is 5.75 Å². The van der Waals surface area contributed by atoms with Crippen LogP contribution < -0.4 is 4.74 Å². The summed E-state index contributed by atoms with van der Waals surface area (Å²) in [7, 11) is 3.35. The molecule has 0 heterocycles. The van der Waals surface area contributed by atoms with E-state index in [1.54, 1.807) is 14.2 Å². The quantitative estimate of drug-likeness (QED) is 0.767. The van der Waals surface area contributed by atoms with E-state index in [1.807, 2.05) is 18.2 Å². The van der Waals surface area contributed by atoms with E-state index in [4.69, 9.17) is 21.1 Å². The summed E-state index contributed by atoms with van der Waals surface area (Å²) < 4.78 is 10.4. The predicted octanol–water partition coefficient (Wildman–Crippen LogP) is 3.10. The van der Waals surface area contributed by atoms with Crippen LogP contribution in [0.3, 0.4) is 0 Å². The van der Waals surface area contributed by atoms with Gasteiger partial charge in [0.25, 0.3) is 0 Å². The van der Waals surface area contributed by atoms with E-state index < -0.39 is 0 Å². The van der Waals surface area contributed by atoms with Crippen LogP contribution in [0.1, 0.15) is 18.4 Å². The second-order valence-corrected chi connectivity index (χ2v) is 3.68. The lowest BCUT2D eigenvalue weighted by atomic mass is 10.0. The van der Waals surface area contributed by atoms with Crippen LogP contribution >= 0.6 is 11.6 Å². The molecular formula is C11H15ClO2. The molecule has 0 aromatic heterocycles. The van der Waals surface area contributed by atoms with Gasteiger partial charge in [0, 0.05) is 23.6 Å². The third-order valence-electron chi connectivity index (χ3n) is 2.14. The van der Waals surface area contributed by atoms with Crippen LogP contribution in [0.15, 0.2) is 18.2 Å². The van der Waals surface area contributed by atoms with Crippen molar-refractivity contribution in [1.29, 1.82) is 0 Å². The van der Waals surface area contributed by atoms with E-state index in [9.17, 15) is 0 Å². The number of rotatable bonds is 4. The molecule has 0 spiro atoms. The molecule has 0 aliphatic rings. The first-order valence-electron chi connectivity index (χ1n) is 4.51. The fourth-order valence-corrected chi connectivity index (χ4v) is 1.61. The maximum Gasteiger partial charge on any atom is 0.122 e. The highest BCUT2D eigenvalue weighted by Crippen LogP contribution is 2.29. The van der Waals surface area contributed by atoms with E-state index >= 15 is 0 Å². The average molecular weight is 215 g/mol. The summed E-state index contributed by atoms with van der Waals surface area (Å²) in [5, 5.41) is 0.726. The van der Waals surface area contributed by atoms with Gasteiger partial charge in [-0.2, -0.15) is 0 Å². The number of halogens is 1. The van der Waals surface area contributed by atoms with E-state index in [-0.39, 0.29) is 5.92 Å². The topological polar surface area (TPSA) is 18.5 Å². The molecule has 14 heavy (non-hydrogen) atoms. The molecule has 1 rings (SSSR count). The van der Waals surface area contributed by atoms with Gasteiger partial charge in [-0.05, 0) is 18.2 Å². The zero-order valence-electron chi connectivity index (χ0n) is 8.71. The standard InChI is InChI=1S/C11H15ClO2/c1-8(7-13-2)10-6-9(12)4-5-11(10)14-3/h4-6,8H,7H2,1-3H3/t8-/m0/s1. The smallest absolute Gasteiger partial charge is 0.122 e. The van der Waals surface area contributed by atoms with Gasteiger partial charge in [0.2, 0.25) is 0 Å². The van der Waals surface area contributed by atoms with Crippen molar-refractivity contribution >= 4 is 11.6 Å². The van der Waals surface area contributed by atoms with Crippen molar-refractivity contribution in [2.75, 3.05) is 20.8 Å². The first-order valence-corrected chi connectivity index (χ1v) is 4.89. The third kappa shape index (κ3) is 2.63. The zero-order chi connectivity index (χ0) is 10.6. The molecule has 0 N–H and O–H groups in total. The number of benzene rings is 1. The molecule has 2 nitrogen and oxygen atoms in total. The van der Waals surface area contributed by atoms with Gasteiger partial charge in [0.15, 0.2) is 0 Å². The highest BCUT2D eigenvalue weighted by atomic mass is 35.5. The lowest BCUT2D eigenvalue weighted by molar-refractivity contribution is 0.183. The minimum absolute atomic E-state index is 0.286. The second-order valence-electron chi connectivity index (χ2n) is 3.24. The maximum absolute atomic E-state index is 5.92. The predicted molar refractivity (Wildman–Crippen MR) is 58.3 cm³/mol. The molecule has 0 saturated heterocycles. The van der Waals surface area contributed by atoms with Crippen molar-refractivity contribution < 1.29 is 9.47 Å². The molecule has 0 aliphatic heterocycles. The molecule has 0 bridgehead atoms. The van der Waals surface area contributed by atoms with Gasteiger partial charge in [-0.25, -0.2) is 0 Å². The van der Waals surface area contributed by atoms with Crippen molar-refractivity contribution in [3.63, 3.8) is 0 Å². The van der Waals surface area contributed by atoms with Crippen molar-refractivity contribution in [3.05, 3.63) is 28.8 Å². The summed E-state index contributed by atoms with van der Waals surface area (Å²) in [6.07, 6.45) is 0. The first kappa shape index (κ1) is 11.3. The molecule has 1 aromatic rings. The van der Waals surface area contributed by atoms with Crippen LogP contribution in [0.25, 0.3) is 0 Å². The number of methoxy groups -OCH3 is 2. The highest BCUT2D eigenvalue weighted by Gasteiger charge is 2.11. The van der Waals surface area contributed by atoms with E-state index in [2.05, 4.69) is 6.92 Å². The fourth-order valence-electron chi connectivity index (χ4n) is 1.43. The molecule has 0 saturated carbocycles. The van der Waals surface area contributed by atoms with Crippen LogP contribution in [-0.2, 0) is 4.74 Å². The monoisotopic (exact) mass is 214 g/mol. The Balaban J connectivity index is 2.97. The van der Waals surface area contributed by atoms with Gasteiger partial charge < -0.3 is 9.47 Å². The fraction of sp³-hybridized carbons (Fsp3) is 0.455. The lowest BCUT2D eigenvalue weighted by Crippen LogP contribution is -2.03. The van der Waals surface area contributed by atoms with Crippen LogP contribution in [0, 0.1) is 0 Å². The van der Waals surface area contributed by atoms with Gasteiger partial charge in [-0.1, -0.05) is 18.5 Å². The summed E-state index contributed by atoms with van der Waals surface area (Å²) in [6.45, 7) is 2.74. The van der Waals surface area contributed by atoms with Gasteiger partial charge in [0.05, 0.1) is 13.7 Å². The molecule has 3 heteroatoms.